The molecule has 1 atom stereocenters. The minimum absolute atomic E-state index is 0.623. The third-order valence-corrected chi connectivity index (χ3v) is 4.84. The molecule has 0 aromatic heterocycles. The molecule has 0 radical (unpaired) electrons. The molecule has 0 fully saturated rings. The first-order valence-electron chi connectivity index (χ1n) is 9.24. The van der Waals surface area contributed by atoms with Crippen LogP contribution >= 0.6 is 0 Å². The molecule has 2 N–H and O–H groups in total. The van der Waals surface area contributed by atoms with Crippen LogP contribution in [0, 0.1) is 0 Å². The van der Waals surface area contributed by atoms with Gasteiger partial charge in [-0.25, -0.2) is 8.42 Å². The summed E-state index contributed by atoms with van der Waals surface area (Å²) in [5.74, 6) is 0. The highest BCUT2D eigenvalue weighted by Gasteiger charge is 2.05. The Bertz CT molecular complexity index is 541. The van der Waals surface area contributed by atoms with Gasteiger partial charge in [0.15, 0.2) is 0 Å². The number of benzene rings is 1. The number of rotatable bonds is 13. The van der Waals surface area contributed by atoms with Gasteiger partial charge in [0.1, 0.15) is 0 Å². The van der Waals surface area contributed by atoms with Crippen molar-refractivity contribution in [1.29, 1.82) is 0 Å². The van der Waals surface area contributed by atoms with Crippen LogP contribution in [0.25, 0.3) is 0 Å². The Kier molecular flexibility index (Phi) is 10.0. The number of hydrogen-bond donors (Lipinski definition) is 2. The van der Waals surface area contributed by atoms with Crippen molar-refractivity contribution in [2.45, 2.75) is 71.3 Å². The summed E-state index contributed by atoms with van der Waals surface area (Å²) in [5.41, 5.74) is 1.87. The largest absolute Gasteiger partial charge is 0.314 e. The van der Waals surface area contributed by atoms with Crippen molar-refractivity contribution in [3.63, 3.8) is 0 Å². The standard InChI is InChI=1S/C19H34N2O2S/c1-4-6-7-8-11-18(5-2)20-16-9-10-17-12-14-19(15-13-17)21-24(3,22)23/h12-15,18,20-21H,4-11,16H2,1-3H3. The van der Waals surface area contributed by atoms with Gasteiger partial charge in [0.25, 0.3) is 0 Å². The zero-order valence-electron chi connectivity index (χ0n) is 15.5. The lowest BCUT2D eigenvalue weighted by Gasteiger charge is -2.16. The second-order valence-electron chi connectivity index (χ2n) is 6.58. The first-order valence-corrected chi connectivity index (χ1v) is 11.1. The van der Waals surface area contributed by atoms with Crippen molar-refractivity contribution >= 4 is 15.7 Å². The van der Waals surface area contributed by atoms with E-state index in [9.17, 15) is 8.42 Å². The predicted octanol–water partition coefficient (Wildman–Crippen LogP) is 4.33. The van der Waals surface area contributed by atoms with Gasteiger partial charge in [0, 0.05) is 11.7 Å². The number of aryl methyl sites for hydroxylation is 1. The maximum atomic E-state index is 11.2. The first kappa shape index (κ1) is 21.0. The molecule has 1 aromatic carbocycles. The summed E-state index contributed by atoms with van der Waals surface area (Å²) >= 11 is 0. The quantitative estimate of drug-likeness (QED) is 0.518. The molecule has 0 aliphatic heterocycles. The maximum Gasteiger partial charge on any atom is 0.229 e. The van der Waals surface area contributed by atoms with E-state index in [2.05, 4.69) is 23.9 Å². The van der Waals surface area contributed by atoms with Crippen LogP contribution in [0.4, 0.5) is 5.69 Å². The molecule has 0 heterocycles. The Labute approximate surface area is 148 Å². The van der Waals surface area contributed by atoms with Gasteiger partial charge in [-0.2, -0.15) is 0 Å². The normalized spacial score (nSPS) is 13.0. The second-order valence-corrected chi connectivity index (χ2v) is 8.33. The van der Waals surface area contributed by atoms with Crippen molar-refractivity contribution in [1.82, 2.24) is 5.32 Å². The smallest absolute Gasteiger partial charge is 0.229 e. The lowest BCUT2D eigenvalue weighted by molar-refractivity contribution is 0.441. The van der Waals surface area contributed by atoms with E-state index in [1.54, 1.807) is 0 Å². The fraction of sp³-hybridized carbons (Fsp3) is 0.684. The molecule has 0 aliphatic carbocycles. The van der Waals surface area contributed by atoms with Crippen molar-refractivity contribution in [3.8, 4) is 0 Å². The molecule has 4 nitrogen and oxygen atoms in total. The molecule has 0 amide bonds. The van der Waals surface area contributed by atoms with Crippen LogP contribution in [-0.2, 0) is 16.4 Å². The van der Waals surface area contributed by atoms with Gasteiger partial charge in [0.2, 0.25) is 10.0 Å². The number of anilines is 1. The van der Waals surface area contributed by atoms with Gasteiger partial charge >= 0.3 is 0 Å². The molecule has 1 aromatic rings. The van der Waals surface area contributed by atoms with E-state index in [-0.39, 0.29) is 0 Å². The lowest BCUT2D eigenvalue weighted by atomic mass is 10.0. The molecule has 0 bridgehead atoms. The predicted molar refractivity (Wildman–Crippen MR) is 104 cm³/mol. The molecule has 1 unspecified atom stereocenters. The van der Waals surface area contributed by atoms with E-state index in [4.69, 9.17) is 0 Å². The monoisotopic (exact) mass is 354 g/mol. The Hall–Kier alpha value is -1.07. The molecule has 138 valence electrons. The SMILES string of the molecule is CCCCCCC(CC)NCCCc1ccc(NS(C)(=O)=O)cc1. The number of unbranched alkanes of at least 4 members (excludes halogenated alkanes) is 3. The van der Waals surface area contributed by atoms with Gasteiger partial charge in [-0.3, -0.25) is 4.72 Å². The van der Waals surface area contributed by atoms with Crippen molar-refractivity contribution in [2.24, 2.45) is 0 Å². The summed E-state index contributed by atoms with van der Waals surface area (Å²) in [6, 6.07) is 8.28. The molecular weight excluding hydrogens is 320 g/mol. The summed E-state index contributed by atoms with van der Waals surface area (Å²) in [4.78, 5) is 0. The molecular formula is C19H34N2O2S. The average molecular weight is 355 g/mol. The van der Waals surface area contributed by atoms with Crippen molar-refractivity contribution in [3.05, 3.63) is 29.8 Å². The molecule has 0 saturated carbocycles. The first-order chi connectivity index (χ1) is 11.4. The van der Waals surface area contributed by atoms with E-state index in [1.807, 2.05) is 24.3 Å². The Balaban J connectivity index is 2.24. The fourth-order valence-corrected chi connectivity index (χ4v) is 3.38. The highest BCUT2D eigenvalue weighted by atomic mass is 32.2. The zero-order chi connectivity index (χ0) is 17.8. The van der Waals surface area contributed by atoms with Crippen LogP contribution in [-0.4, -0.2) is 27.3 Å². The zero-order valence-corrected chi connectivity index (χ0v) is 16.3. The van der Waals surface area contributed by atoms with Crippen LogP contribution < -0.4 is 10.0 Å². The molecule has 5 heteroatoms. The molecule has 0 aliphatic rings. The summed E-state index contributed by atoms with van der Waals surface area (Å²) in [7, 11) is -3.19. The summed E-state index contributed by atoms with van der Waals surface area (Å²) in [5, 5.41) is 3.67. The third-order valence-electron chi connectivity index (χ3n) is 4.23. The van der Waals surface area contributed by atoms with Crippen LogP contribution in [0.3, 0.4) is 0 Å². The minimum Gasteiger partial charge on any atom is -0.314 e. The van der Waals surface area contributed by atoms with Crippen LogP contribution in [0.2, 0.25) is 0 Å². The van der Waals surface area contributed by atoms with E-state index in [0.717, 1.165) is 19.4 Å². The summed E-state index contributed by atoms with van der Waals surface area (Å²) < 4.78 is 24.8. The van der Waals surface area contributed by atoms with Crippen molar-refractivity contribution < 1.29 is 8.42 Å². The maximum absolute atomic E-state index is 11.2. The lowest BCUT2D eigenvalue weighted by Crippen LogP contribution is -2.29. The Morgan fingerprint density at radius 2 is 1.71 bits per heavy atom. The van der Waals surface area contributed by atoms with Gasteiger partial charge in [-0.15, -0.1) is 0 Å². The van der Waals surface area contributed by atoms with Gasteiger partial charge < -0.3 is 5.32 Å². The van der Waals surface area contributed by atoms with Gasteiger partial charge in [-0.05, 0) is 49.9 Å². The summed E-state index contributed by atoms with van der Waals surface area (Å²) in [6.45, 7) is 5.54. The summed E-state index contributed by atoms with van der Waals surface area (Å²) in [6.07, 6.45) is 11.1. The molecule has 24 heavy (non-hydrogen) atoms. The molecule has 0 spiro atoms. The van der Waals surface area contributed by atoms with Gasteiger partial charge in [0.05, 0.1) is 6.26 Å². The van der Waals surface area contributed by atoms with Crippen LogP contribution in [0.15, 0.2) is 24.3 Å². The van der Waals surface area contributed by atoms with E-state index >= 15 is 0 Å². The van der Waals surface area contributed by atoms with E-state index < -0.39 is 10.0 Å². The van der Waals surface area contributed by atoms with E-state index in [0.29, 0.717) is 11.7 Å². The highest BCUT2D eigenvalue weighted by molar-refractivity contribution is 7.92. The fourth-order valence-electron chi connectivity index (χ4n) is 2.82. The topological polar surface area (TPSA) is 58.2 Å². The highest BCUT2D eigenvalue weighted by Crippen LogP contribution is 2.12. The van der Waals surface area contributed by atoms with Crippen LogP contribution in [0.5, 0.6) is 0 Å². The van der Waals surface area contributed by atoms with Crippen molar-refractivity contribution in [2.75, 3.05) is 17.5 Å². The number of nitrogens with one attached hydrogen (secondary N) is 2. The molecule has 1 rings (SSSR count). The minimum atomic E-state index is -3.19. The third kappa shape index (κ3) is 9.93. The average Bonchev–Trinajstić information content (AvgIpc) is 2.53. The number of sulfonamides is 1. The Morgan fingerprint density at radius 1 is 1.00 bits per heavy atom. The van der Waals surface area contributed by atoms with Gasteiger partial charge in [-0.1, -0.05) is 51.7 Å². The molecule has 0 saturated heterocycles. The second kappa shape index (κ2) is 11.5. The van der Waals surface area contributed by atoms with E-state index in [1.165, 1.54) is 50.3 Å². The van der Waals surface area contributed by atoms with Crippen LogP contribution in [0.1, 0.15) is 64.4 Å². The number of hydrogen-bond acceptors (Lipinski definition) is 3. The Morgan fingerprint density at radius 3 is 2.29 bits per heavy atom.